The van der Waals surface area contributed by atoms with Crippen molar-refractivity contribution in [1.29, 1.82) is 0 Å². The molecule has 0 aromatic rings. The minimum Gasteiger partial charge on any atom is -0.446 e. The Hall–Kier alpha value is -0.580. The highest BCUT2D eigenvalue weighted by atomic mass is 32.2. The predicted molar refractivity (Wildman–Crippen MR) is 61.6 cm³/mol. The topological polar surface area (TPSA) is 60.4 Å². The van der Waals surface area contributed by atoms with Gasteiger partial charge >= 0.3 is 5.97 Å². The second-order valence-electron chi connectivity index (χ2n) is 4.94. The standard InChI is InChI=1S/C11H20O4S/c1-4-11(2,3)10(12)15-9-7-5-6-8-16(9,13)14/h9H,4-8H2,1-3H3. The number of carbonyl (C=O) groups excluding carboxylic acids is 1. The van der Waals surface area contributed by atoms with Gasteiger partial charge in [-0.25, -0.2) is 8.42 Å². The molecule has 1 heterocycles. The third kappa shape index (κ3) is 2.97. The Morgan fingerprint density at radius 2 is 2.00 bits per heavy atom. The molecule has 4 nitrogen and oxygen atoms in total. The van der Waals surface area contributed by atoms with E-state index in [1.807, 2.05) is 6.92 Å². The van der Waals surface area contributed by atoms with E-state index in [9.17, 15) is 13.2 Å². The zero-order chi connectivity index (χ0) is 12.4. The van der Waals surface area contributed by atoms with E-state index < -0.39 is 26.7 Å². The zero-order valence-electron chi connectivity index (χ0n) is 10.2. The van der Waals surface area contributed by atoms with Crippen LogP contribution in [-0.4, -0.2) is 25.6 Å². The maximum Gasteiger partial charge on any atom is 0.312 e. The number of hydrogen-bond donors (Lipinski definition) is 0. The van der Waals surface area contributed by atoms with Crippen LogP contribution in [0.4, 0.5) is 0 Å². The maximum atomic E-state index is 11.8. The Kier molecular flexibility index (Phi) is 3.99. The average molecular weight is 248 g/mol. The second kappa shape index (κ2) is 4.73. The fourth-order valence-corrected chi connectivity index (χ4v) is 3.11. The summed E-state index contributed by atoms with van der Waals surface area (Å²) in [6.07, 6.45) is 2.56. The van der Waals surface area contributed by atoms with Crippen LogP contribution in [-0.2, 0) is 19.4 Å². The van der Waals surface area contributed by atoms with Crippen LogP contribution in [0.2, 0.25) is 0 Å². The van der Waals surface area contributed by atoms with Crippen molar-refractivity contribution in [3.8, 4) is 0 Å². The normalized spacial score (nSPS) is 25.1. The molecule has 1 aliphatic rings. The van der Waals surface area contributed by atoms with Gasteiger partial charge in [-0.3, -0.25) is 4.79 Å². The minimum atomic E-state index is -3.23. The number of ether oxygens (including phenoxy) is 1. The van der Waals surface area contributed by atoms with Crippen molar-refractivity contribution in [2.24, 2.45) is 5.41 Å². The maximum absolute atomic E-state index is 11.8. The first-order chi connectivity index (χ1) is 7.29. The fourth-order valence-electron chi connectivity index (χ4n) is 1.48. The summed E-state index contributed by atoms with van der Waals surface area (Å²) in [5.41, 5.74) is -1.52. The highest BCUT2D eigenvalue weighted by molar-refractivity contribution is 7.91. The molecular weight excluding hydrogens is 228 g/mol. The van der Waals surface area contributed by atoms with E-state index in [1.54, 1.807) is 13.8 Å². The van der Waals surface area contributed by atoms with E-state index in [2.05, 4.69) is 0 Å². The van der Waals surface area contributed by atoms with Crippen molar-refractivity contribution in [2.75, 3.05) is 5.75 Å². The Labute approximate surface area is 97.3 Å². The van der Waals surface area contributed by atoms with E-state index in [4.69, 9.17) is 4.74 Å². The molecule has 5 heteroatoms. The number of sulfone groups is 1. The van der Waals surface area contributed by atoms with Gasteiger partial charge in [-0.2, -0.15) is 0 Å². The van der Waals surface area contributed by atoms with Crippen molar-refractivity contribution in [1.82, 2.24) is 0 Å². The molecule has 0 saturated carbocycles. The molecule has 94 valence electrons. The van der Waals surface area contributed by atoms with Crippen LogP contribution in [0.5, 0.6) is 0 Å². The summed E-state index contributed by atoms with van der Waals surface area (Å²) in [7, 11) is -3.23. The first-order valence-electron chi connectivity index (χ1n) is 5.72. The summed E-state index contributed by atoms with van der Waals surface area (Å²) >= 11 is 0. The fraction of sp³-hybridized carbons (Fsp3) is 0.909. The van der Waals surface area contributed by atoms with Crippen LogP contribution >= 0.6 is 0 Å². The summed E-state index contributed by atoms with van der Waals surface area (Å²) in [6, 6.07) is 0. The van der Waals surface area contributed by atoms with E-state index in [0.717, 1.165) is 6.42 Å². The van der Waals surface area contributed by atoms with E-state index in [1.165, 1.54) is 0 Å². The molecule has 0 spiro atoms. The molecule has 1 atom stereocenters. The van der Waals surface area contributed by atoms with Crippen molar-refractivity contribution in [3.63, 3.8) is 0 Å². The van der Waals surface area contributed by atoms with E-state index in [0.29, 0.717) is 19.3 Å². The third-order valence-electron chi connectivity index (χ3n) is 3.19. The van der Waals surface area contributed by atoms with Gasteiger partial charge in [-0.15, -0.1) is 0 Å². The lowest BCUT2D eigenvalue weighted by Crippen LogP contribution is -2.37. The van der Waals surface area contributed by atoms with Gasteiger partial charge in [0.1, 0.15) is 0 Å². The zero-order valence-corrected chi connectivity index (χ0v) is 11.0. The third-order valence-corrected chi connectivity index (χ3v) is 5.18. The monoisotopic (exact) mass is 248 g/mol. The summed E-state index contributed by atoms with van der Waals surface area (Å²) in [6.45, 7) is 5.42. The van der Waals surface area contributed by atoms with Crippen LogP contribution < -0.4 is 0 Å². The molecule has 1 aliphatic heterocycles. The van der Waals surface area contributed by atoms with Crippen LogP contribution in [0.15, 0.2) is 0 Å². The Morgan fingerprint density at radius 3 is 2.50 bits per heavy atom. The van der Waals surface area contributed by atoms with Crippen molar-refractivity contribution in [2.45, 2.75) is 51.9 Å². The highest BCUT2D eigenvalue weighted by Crippen LogP contribution is 2.26. The van der Waals surface area contributed by atoms with Crippen LogP contribution in [0, 0.1) is 5.41 Å². The first-order valence-corrected chi connectivity index (χ1v) is 7.44. The lowest BCUT2D eigenvalue weighted by Gasteiger charge is -2.27. The molecule has 1 saturated heterocycles. The SMILES string of the molecule is CCC(C)(C)C(=O)OC1CCCCS1(=O)=O. The molecule has 1 rings (SSSR count). The Morgan fingerprint density at radius 1 is 1.38 bits per heavy atom. The van der Waals surface area contributed by atoms with Gasteiger partial charge in [0.25, 0.3) is 0 Å². The molecular formula is C11H20O4S. The lowest BCUT2D eigenvalue weighted by atomic mass is 9.91. The van der Waals surface area contributed by atoms with Crippen molar-refractivity contribution < 1.29 is 17.9 Å². The van der Waals surface area contributed by atoms with E-state index >= 15 is 0 Å². The smallest absolute Gasteiger partial charge is 0.312 e. The van der Waals surface area contributed by atoms with E-state index in [-0.39, 0.29) is 5.75 Å². The summed E-state index contributed by atoms with van der Waals surface area (Å²) in [5, 5.41) is 0. The Bertz CT molecular complexity index is 356. The lowest BCUT2D eigenvalue weighted by molar-refractivity contribution is -0.156. The molecule has 16 heavy (non-hydrogen) atoms. The minimum absolute atomic E-state index is 0.136. The molecule has 0 amide bonds. The highest BCUT2D eigenvalue weighted by Gasteiger charge is 2.36. The number of esters is 1. The molecule has 0 N–H and O–H groups in total. The summed E-state index contributed by atoms with van der Waals surface area (Å²) in [5.74, 6) is -0.275. The summed E-state index contributed by atoms with van der Waals surface area (Å²) < 4.78 is 28.4. The number of hydrogen-bond acceptors (Lipinski definition) is 4. The molecule has 1 unspecified atom stereocenters. The van der Waals surface area contributed by atoms with Gasteiger partial charge in [0.05, 0.1) is 11.2 Å². The van der Waals surface area contributed by atoms with Gasteiger partial charge in [-0.05, 0) is 39.5 Å². The molecule has 0 bridgehead atoms. The molecule has 0 radical (unpaired) electrons. The second-order valence-corrected chi connectivity index (χ2v) is 7.19. The van der Waals surface area contributed by atoms with Gasteiger partial charge in [0, 0.05) is 0 Å². The van der Waals surface area contributed by atoms with Crippen LogP contribution in [0.25, 0.3) is 0 Å². The van der Waals surface area contributed by atoms with Gasteiger partial charge in [0.15, 0.2) is 9.84 Å². The van der Waals surface area contributed by atoms with Crippen LogP contribution in [0.3, 0.4) is 0 Å². The van der Waals surface area contributed by atoms with Gasteiger partial charge in [0.2, 0.25) is 5.44 Å². The average Bonchev–Trinajstić information content (AvgIpc) is 2.21. The number of rotatable bonds is 3. The largest absolute Gasteiger partial charge is 0.446 e. The predicted octanol–water partition coefficient (Wildman–Crippen LogP) is 1.89. The van der Waals surface area contributed by atoms with Gasteiger partial charge in [-0.1, -0.05) is 6.92 Å². The number of carbonyl (C=O) groups is 1. The molecule has 0 aromatic heterocycles. The molecule has 0 aliphatic carbocycles. The molecule has 0 aromatic carbocycles. The van der Waals surface area contributed by atoms with Crippen LogP contribution in [0.1, 0.15) is 46.5 Å². The van der Waals surface area contributed by atoms with Gasteiger partial charge < -0.3 is 4.74 Å². The summed E-state index contributed by atoms with van der Waals surface area (Å²) in [4.78, 5) is 11.8. The first kappa shape index (κ1) is 13.5. The quantitative estimate of drug-likeness (QED) is 0.716. The Balaban J connectivity index is 2.70. The van der Waals surface area contributed by atoms with Crippen molar-refractivity contribution in [3.05, 3.63) is 0 Å². The van der Waals surface area contributed by atoms with Crippen molar-refractivity contribution >= 4 is 15.8 Å². The molecule has 1 fully saturated rings.